The van der Waals surface area contributed by atoms with Crippen LogP contribution in [0.5, 0.6) is 0 Å². The zero-order valence-corrected chi connectivity index (χ0v) is 11.6. The minimum atomic E-state index is -4.45. The molecule has 0 aliphatic rings. The monoisotopic (exact) mass is 309 g/mol. The molecule has 1 aromatic carbocycles. The van der Waals surface area contributed by atoms with Gasteiger partial charge in [0.1, 0.15) is 6.61 Å². The Morgan fingerprint density at radius 1 is 1.09 bits per heavy atom. The van der Waals surface area contributed by atoms with Gasteiger partial charge >= 0.3 is 12.1 Å². The highest BCUT2D eigenvalue weighted by Crippen LogP contribution is 2.32. The fourth-order valence-electron chi connectivity index (χ4n) is 1.99. The molecule has 0 saturated heterocycles. The Morgan fingerprint density at radius 3 is 2.32 bits per heavy atom. The van der Waals surface area contributed by atoms with Crippen molar-refractivity contribution in [3.63, 3.8) is 0 Å². The number of carbonyl (C=O) groups is 1. The average molecular weight is 309 g/mol. The molecule has 2 aromatic rings. The molecule has 0 spiro atoms. The number of hydrogen-bond acceptors (Lipinski definition) is 3. The molecule has 22 heavy (non-hydrogen) atoms. The lowest BCUT2D eigenvalue weighted by Crippen LogP contribution is -2.22. The third-order valence-electron chi connectivity index (χ3n) is 3.05. The van der Waals surface area contributed by atoms with Crippen LogP contribution in [0.15, 0.2) is 54.9 Å². The van der Waals surface area contributed by atoms with E-state index >= 15 is 0 Å². The van der Waals surface area contributed by atoms with Crippen LogP contribution in [0.1, 0.15) is 23.5 Å². The zero-order chi connectivity index (χ0) is 16.0. The van der Waals surface area contributed by atoms with E-state index in [-0.39, 0.29) is 6.61 Å². The second-order valence-electron chi connectivity index (χ2n) is 4.75. The Labute approximate surface area is 125 Å². The largest absolute Gasteiger partial charge is 0.460 e. The van der Waals surface area contributed by atoms with Crippen LogP contribution in [0.2, 0.25) is 0 Å². The van der Waals surface area contributed by atoms with Crippen molar-refractivity contribution >= 4 is 5.97 Å². The highest BCUT2D eigenvalue weighted by molar-refractivity contribution is 5.78. The third kappa shape index (κ3) is 4.87. The Morgan fingerprint density at radius 2 is 1.73 bits per heavy atom. The van der Waals surface area contributed by atoms with Crippen LogP contribution in [0.25, 0.3) is 0 Å². The molecule has 6 heteroatoms. The summed E-state index contributed by atoms with van der Waals surface area (Å²) < 4.78 is 43.1. The van der Waals surface area contributed by atoms with Crippen molar-refractivity contribution in [1.82, 2.24) is 4.98 Å². The summed E-state index contributed by atoms with van der Waals surface area (Å²) in [7, 11) is 0. The minimum Gasteiger partial charge on any atom is -0.460 e. The van der Waals surface area contributed by atoms with E-state index in [0.717, 1.165) is 0 Å². The summed E-state index contributed by atoms with van der Waals surface area (Å²) in [6, 6.07) is 11.1. The van der Waals surface area contributed by atoms with E-state index in [0.29, 0.717) is 11.1 Å². The first-order chi connectivity index (χ1) is 10.5. The highest BCUT2D eigenvalue weighted by atomic mass is 19.4. The van der Waals surface area contributed by atoms with Crippen LogP contribution in [-0.2, 0) is 16.1 Å². The van der Waals surface area contributed by atoms with Crippen LogP contribution in [0.3, 0.4) is 0 Å². The molecule has 0 fully saturated rings. The summed E-state index contributed by atoms with van der Waals surface area (Å²) in [5.74, 6) is -2.25. The second kappa shape index (κ2) is 7.06. The predicted molar refractivity (Wildman–Crippen MR) is 73.9 cm³/mol. The van der Waals surface area contributed by atoms with Gasteiger partial charge in [-0.05, 0) is 23.3 Å². The van der Waals surface area contributed by atoms with Crippen molar-refractivity contribution in [3.05, 3.63) is 66.0 Å². The van der Waals surface area contributed by atoms with Gasteiger partial charge in [0.25, 0.3) is 0 Å². The molecule has 3 nitrogen and oxygen atoms in total. The number of alkyl halides is 3. The summed E-state index contributed by atoms with van der Waals surface area (Å²) in [5, 5.41) is 0. The number of ether oxygens (including phenoxy) is 1. The fraction of sp³-hybridized carbons (Fsp3) is 0.250. The molecule has 0 saturated carbocycles. The van der Waals surface area contributed by atoms with Crippen molar-refractivity contribution < 1.29 is 22.7 Å². The minimum absolute atomic E-state index is 0.0808. The molecule has 0 radical (unpaired) electrons. The smallest absolute Gasteiger partial charge is 0.390 e. The van der Waals surface area contributed by atoms with E-state index in [1.807, 2.05) is 0 Å². The lowest BCUT2D eigenvalue weighted by molar-refractivity contribution is -0.162. The first kappa shape index (κ1) is 16.0. The molecule has 1 atom stereocenters. The van der Waals surface area contributed by atoms with Crippen LogP contribution in [0.4, 0.5) is 13.2 Å². The quantitative estimate of drug-likeness (QED) is 0.787. The Bertz CT molecular complexity index is 600. The van der Waals surface area contributed by atoms with Gasteiger partial charge in [0.15, 0.2) is 0 Å². The van der Waals surface area contributed by atoms with E-state index in [1.165, 1.54) is 24.5 Å². The van der Waals surface area contributed by atoms with E-state index in [9.17, 15) is 18.0 Å². The molecule has 1 aromatic heterocycles. The van der Waals surface area contributed by atoms with Gasteiger partial charge in [-0.25, -0.2) is 0 Å². The lowest BCUT2D eigenvalue weighted by atomic mass is 9.95. The van der Waals surface area contributed by atoms with Gasteiger partial charge in [-0.2, -0.15) is 13.2 Å². The fourth-order valence-corrected chi connectivity index (χ4v) is 1.99. The number of halogens is 3. The molecule has 0 N–H and O–H groups in total. The van der Waals surface area contributed by atoms with Crippen molar-refractivity contribution in [2.24, 2.45) is 0 Å². The lowest BCUT2D eigenvalue weighted by Gasteiger charge is -2.18. The maximum absolute atomic E-state index is 12.7. The SMILES string of the molecule is O=C(OCc1ccncc1)C(CC(F)(F)F)c1ccccc1. The summed E-state index contributed by atoms with van der Waals surface area (Å²) in [6.07, 6.45) is -2.65. The average Bonchev–Trinajstić information content (AvgIpc) is 2.51. The van der Waals surface area contributed by atoms with Crippen molar-refractivity contribution in [1.29, 1.82) is 0 Å². The first-order valence-corrected chi connectivity index (χ1v) is 6.63. The number of benzene rings is 1. The van der Waals surface area contributed by atoms with Gasteiger partial charge in [0.2, 0.25) is 0 Å². The predicted octanol–water partition coefficient (Wildman–Crippen LogP) is 3.86. The van der Waals surface area contributed by atoms with Gasteiger partial charge in [-0.1, -0.05) is 30.3 Å². The summed E-state index contributed by atoms with van der Waals surface area (Å²) in [6.45, 7) is -0.0808. The van der Waals surface area contributed by atoms with E-state index in [2.05, 4.69) is 4.98 Å². The number of hydrogen-bond donors (Lipinski definition) is 0. The van der Waals surface area contributed by atoms with Crippen molar-refractivity contribution in [2.45, 2.75) is 25.1 Å². The number of nitrogens with zero attached hydrogens (tertiary/aromatic N) is 1. The number of rotatable bonds is 5. The Balaban J connectivity index is 2.09. The van der Waals surface area contributed by atoms with Gasteiger partial charge < -0.3 is 4.74 Å². The van der Waals surface area contributed by atoms with Crippen molar-refractivity contribution in [3.8, 4) is 0 Å². The van der Waals surface area contributed by atoms with Crippen LogP contribution >= 0.6 is 0 Å². The Kier molecular flexibility index (Phi) is 5.14. The maximum Gasteiger partial charge on any atom is 0.390 e. The molecule has 1 heterocycles. The number of aromatic nitrogens is 1. The Hall–Kier alpha value is -2.37. The molecule has 0 amide bonds. The van der Waals surface area contributed by atoms with Gasteiger partial charge in [0, 0.05) is 12.4 Å². The number of pyridine rings is 1. The molecule has 1 unspecified atom stereocenters. The van der Waals surface area contributed by atoms with E-state index < -0.39 is 24.5 Å². The first-order valence-electron chi connectivity index (χ1n) is 6.63. The maximum atomic E-state index is 12.7. The molecule has 116 valence electrons. The van der Waals surface area contributed by atoms with Gasteiger partial charge in [-0.3, -0.25) is 9.78 Å². The van der Waals surface area contributed by atoms with Crippen molar-refractivity contribution in [2.75, 3.05) is 0 Å². The second-order valence-corrected chi connectivity index (χ2v) is 4.75. The third-order valence-corrected chi connectivity index (χ3v) is 3.05. The highest BCUT2D eigenvalue weighted by Gasteiger charge is 2.37. The van der Waals surface area contributed by atoms with Gasteiger partial charge in [-0.15, -0.1) is 0 Å². The standard InChI is InChI=1S/C16H14F3NO2/c17-16(18,19)10-14(13-4-2-1-3-5-13)15(21)22-11-12-6-8-20-9-7-12/h1-9,14H,10-11H2. The molecule has 0 aliphatic carbocycles. The number of esters is 1. The summed E-state index contributed by atoms with van der Waals surface area (Å²) in [4.78, 5) is 15.9. The van der Waals surface area contributed by atoms with Gasteiger partial charge in [0.05, 0.1) is 12.3 Å². The van der Waals surface area contributed by atoms with E-state index in [1.54, 1.807) is 30.3 Å². The van der Waals surface area contributed by atoms with Crippen LogP contribution in [0, 0.1) is 0 Å². The van der Waals surface area contributed by atoms with E-state index in [4.69, 9.17) is 4.74 Å². The molecule has 0 aliphatic heterocycles. The normalized spacial score (nSPS) is 12.7. The van der Waals surface area contributed by atoms with Crippen LogP contribution in [-0.4, -0.2) is 17.1 Å². The number of carbonyl (C=O) groups excluding carboxylic acids is 1. The molecule has 2 rings (SSSR count). The summed E-state index contributed by atoms with van der Waals surface area (Å²) in [5.41, 5.74) is 0.960. The summed E-state index contributed by atoms with van der Waals surface area (Å²) >= 11 is 0. The molecule has 0 bridgehead atoms. The topological polar surface area (TPSA) is 39.2 Å². The molecular formula is C16H14F3NO2. The zero-order valence-electron chi connectivity index (χ0n) is 11.6. The van der Waals surface area contributed by atoms with Crippen LogP contribution < -0.4 is 0 Å². The molecular weight excluding hydrogens is 295 g/mol.